The molecule has 0 bridgehead atoms. The van der Waals surface area contributed by atoms with E-state index in [1.165, 1.54) is 37.0 Å². The molecule has 0 unspecified atom stereocenters. The van der Waals surface area contributed by atoms with Gasteiger partial charge in [0.15, 0.2) is 0 Å². The fourth-order valence-electron chi connectivity index (χ4n) is 2.53. The van der Waals surface area contributed by atoms with Gasteiger partial charge in [-0.05, 0) is 63.1 Å². The fourth-order valence-corrected chi connectivity index (χ4v) is 5.88. The molecule has 0 saturated heterocycles. The van der Waals surface area contributed by atoms with Crippen molar-refractivity contribution in [2.24, 2.45) is 11.8 Å². The maximum Gasteiger partial charge on any atom is 0.252 e. The van der Waals surface area contributed by atoms with Gasteiger partial charge in [0.1, 0.15) is 4.21 Å². The first-order chi connectivity index (χ1) is 10.0. The van der Waals surface area contributed by atoms with Gasteiger partial charge in [0.2, 0.25) is 0 Å². The van der Waals surface area contributed by atoms with Crippen LogP contribution in [0.2, 0.25) is 0 Å². The molecular weight excluding hydrogens is 304 g/mol. The summed E-state index contributed by atoms with van der Waals surface area (Å²) in [6, 6.07) is 1.85. The van der Waals surface area contributed by atoms with E-state index in [9.17, 15) is 8.42 Å². The number of hydrogen-bond donors (Lipinski definition) is 1. The molecule has 118 valence electrons. The molecule has 2 aliphatic carbocycles. The summed E-state index contributed by atoms with van der Waals surface area (Å²) < 4.78 is 28.2. The van der Waals surface area contributed by atoms with E-state index in [1.54, 1.807) is 4.31 Å². The third-order valence-electron chi connectivity index (χ3n) is 4.25. The molecule has 0 spiro atoms. The first-order valence-electron chi connectivity index (χ1n) is 7.74. The van der Waals surface area contributed by atoms with Crippen LogP contribution in [0.4, 0.5) is 0 Å². The first kappa shape index (κ1) is 15.5. The molecule has 2 fully saturated rings. The molecule has 1 aromatic rings. The molecule has 1 N–H and O–H groups in total. The smallest absolute Gasteiger partial charge is 0.252 e. The molecule has 2 saturated carbocycles. The van der Waals surface area contributed by atoms with Crippen molar-refractivity contribution >= 4 is 21.4 Å². The van der Waals surface area contributed by atoms with Gasteiger partial charge in [0.25, 0.3) is 10.0 Å². The Balaban J connectivity index is 1.82. The number of sulfonamides is 1. The van der Waals surface area contributed by atoms with Gasteiger partial charge < -0.3 is 5.32 Å². The number of hydrogen-bond acceptors (Lipinski definition) is 4. The lowest BCUT2D eigenvalue weighted by Gasteiger charge is -2.21. The average molecular weight is 329 g/mol. The largest absolute Gasteiger partial charge is 0.315 e. The summed E-state index contributed by atoms with van der Waals surface area (Å²) in [5, 5.41) is 3.11. The SMILES string of the molecule is CNCc1sc(S(=O)(=O)N(CC2CC2)CC2CC2)cc1C. The molecule has 21 heavy (non-hydrogen) atoms. The second kappa shape index (κ2) is 5.99. The Kier molecular flexibility index (Phi) is 4.41. The Bertz CT molecular complexity index is 587. The van der Waals surface area contributed by atoms with Crippen molar-refractivity contribution in [3.8, 4) is 0 Å². The van der Waals surface area contributed by atoms with E-state index in [-0.39, 0.29) is 0 Å². The first-order valence-corrected chi connectivity index (χ1v) is 10.0. The second-order valence-corrected chi connectivity index (χ2v) is 9.71. The van der Waals surface area contributed by atoms with E-state index in [4.69, 9.17) is 0 Å². The minimum Gasteiger partial charge on any atom is -0.315 e. The van der Waals surface area contributed by atoms with Gasteiger partial charge in [0.05, 0.1) is 0 Å². The van der Waals surface area contributed by atoms with Crippen LogP contribution in [0.3, 0.4) is 0 Å². The monoisotopic (exact) mass is 328 g/mol. The van der Waals surface area contributed by atoms with Crippen molar-refractivity contribution in [2.45, 2.75) is 43.4 Å². The number of rotatable bonds is 8. The topological polar surface area (TPSA) is 49.4 Å². The number of nitrogens with one attached hydrogen (secondary N) is 1. The van der Waals surface area contributed by atoms with Gasteiger partial charge in [-0.1, -0.05) is 0 Å². The van der Waals surface area contributed by atoms with Crippen LogP contribution in [0.5, 0.6) is 0 Å². The van der Waals surface area contributed by atoms with Gasteiger partial charge in [-0.3, -0.25) is 0 Å². The predicted octanol–water partition coefficient (Wildman–Crippen LogP) is 2.59. The van der Waals surface area contributed by atoms with Crippen LogP contribution in [-0.4, -0.2) is 32.9 Å². The van der Waals surface area contributed by atoms with Crippen molar-refractivity contribution in [1.82, 2.24) is 9.62 Å². The Morgan fingerprint density at radius 3 is 2.29 bits per heavy atom. The molecule has 1 heterocycles. The average Bonchev–Trinajstić information content (AvgIpc) is 3.33. The van der Waals surface area contributed by atoms with Crippen molar-refractivity contribution < 1.29 is 8.42 Å². The lowest BCUT2D eigenvalue weighted by Crippen LogP contribution is -2.34. The standard InChI is InChI=1S/C15H24N2O2S2/c1-11-7-15(20-14(11)8-16-2)21(18,19)17(9-12-3-4-12)10-13-5-6-13/h7,12-13,16H,3-6,8-10H2,1-2H3. The molecule has 0 amide bonds. The number of nitrogens with zero attached hydrogens (tertiary/aromatic N) is 1. The van der Waals surface area contributed by atoms with Crippen LogP contribution < -0.4 is 5.32 Å². The van der Waals surface area contributed by atoms with Crippen LogP contribution in [0, 0.1) is 18.8 Å². The van der Waals surface area contributed by atoms with Crippen LogP contribution in [0.15, 0.2) is 10.3 Å². The van der Waals surface area contributed by atoms with Crippen molar-refractivity contribution in [2.75, 3.05) is 20.1 Å². The van der Waals surface area contributed by atoms with Crippen LogP contribution >= 0.6 is 11.3 Å². The molecule has 0 atom stereocenters. The highest BCUT2D eigenvalue weighted by atomic mass is 32.2. The van der Waals surface area contributed by atoms with E-state index in [0.717, 1.165) is 30.1 Å². The molecule has 1 aromatic heterocycles. The predicted molar refractivity (Wildman–Crippen MR) is 86.0 cm³/mol. The Hall–Kier alpha value is -0.430. The highest BCUT2D eigenvalue weighted by Gasteiger charge is 2.36. The zero-order valence-corrected chi connectivity index (χ0v) is 14.4. The van der Waals surface area contributed by atoms with E-state index in [1.807, 2.05) is 20.0 Å². The lowest BCUT2D eigenvalue weighted by atomic mass is 10.3. The highest BCUT2D eigenvalue weighted by Crippen LogP contribution is 2.37. The minimum atomic E-state index is -3.31. The van der Waals surface area contributed by atoms with Gasteiger partial charge in [0, 0.05) is 24.5 Å². The van der Waals surface area contributed by atoms with E-state index in [0.29, 0.717) is 16.0 Å². The second-order valence-electron chi connectivity index (χ2n) is 6.41. The van der Waals surface area contributed by atoms with Crippen molar-refractivity contribution in [3.05, 3.63) is 16.5 Å². The molecule has 0 aliphatic heterocycles. The summed E-state index contributed by atoms with van der Waals surface area (Å²) in [6.45, 7) is 4.17. The molecule has 3 rings (SSSR count). The molecule has 2 aliphatic rings. The zero-order valence-electron chi connectivity index (χ0n) is 12.8. The van der Waals surface area contributed by atoms with Crippen LogP contribution in [-0.2, 0) is 16.6 Å². The van der Waals surface area contributed by atoms with Crippen molar-refractivity contribution in [3.63, 3.8) is 0 Å². The molecule has 0 aromatic carbocycles. The van der Waals surface area contributed by atoms with Crippen LogP contribution in [0.25, 0.3) is 0 Å². The van der Waals surface area contributed by atoms with Crippen molar-refractivity contribution in [1.29, 1.82) is 0 Å². The normalized spacial score (nSPS) is 19.4. The van der Waals surface area contributed by atoms with Gasteiger partial charge in [-0.25, -0.2) is 8.42 Å². The summed E-state index contributed by atoms with van der Waals surface area (Å²) in [6.07, 6.45) is 4.74. The Morgan fingerprint density at radius 2 is 1.81 bits per heavy atom. The third-order valence-corrected chi connectivity index (χ3v) is 7.76. The van der Waals surface area contributed by atoms with E-state index < -0.39 is 10.0 Å². The van der Waals surface area contributed by atoms with E-state index >= 15 is 0 Å². The summed E-state index contributed by atoms with van der Waals surface area (Å²) >= 11 is 1.42. The summed E-state index contributed by atoms with van der Waals surface area (Å²) in [4.78, 5) is 1.12. The maximum absolute atomic E-state index is 12.9. The number of aryl methyl sites for hydroxylation is 1. The summed E-state index contributed by atoms with van der Waals surface area (Å²) in [7, 11) is -1.42. The minimum absolute atomic E-state index is 0.520. The summed E-state index contributed by atoms with van der Waals surface area (Å²) in [5.74, 6) is 1.19. The Labute approximate surface area is 131 Å². The summed E-state index contributed by atoms with van der Waals surface area (Å²) in [5.41, 5.74) is 1.07. The fraction of sp³-hybridized carbons (Fsp3) is 0.733. The number of thiophene rings is 1. The quantitative estimate of drug-likeness (QED) is 0.798. The lowest BCUT2D eigenvalue weighted by molar-refractivity contribution is 0.383. The molecular formula is C15H24N2O2S2. The molecule has 4 nitrogen and oxygen atoms in total. The van der Waals surface area contributed by atoms with Gasteiger partial charge >= 0.3 is 0 Å². The van der Waals surface area contributed by atoms with Gasteiger partial charge in [-0.2, -0.15) is 4.31 Å². The van der Waals surface area contributed by atoms with Gasteiger partial charge in [-0.15, -0.1) is 11.3 Å². The molecule has 6 heteroatoms. The molecule has 0 radical (unpaired) electrons. The maximum atomic E-state index is 12.9. The Morgan fingerprint density at radius 1 is 1.24 bits per heavy atom. The zero-order chi connectivity index (χ0) is 15.0. The van der Waals surface area contributed by atoms with E-state index in [2.05, 4.69) is 5.32 Å². The van der Waals surface area contributed by atoms with Crippen LogP contribution in [0.1, 0.15) is 36.1 Å². The highest BCUT2D eigenvalue weighted by molar-refractivity contribution is 7.91. The third kappa shape index (κ3) is 3.67.